The lowest BCUT2D eigenvalue weighted by Crippen LogP contribution is -2.37. The zero-order valence-electron chi connectivity index (χ0n) is 12.1. The Morgan fingerprint density at radius 2 is 2.33 bits per heavy atom. The third-order valence-corrected chi connectivity index (χ3v) is 4.02. The van der Waals surface area contributed by atoms with Crippen LogP contribution in [0.1, 0.15) is 36.5 Å². The van der Waals surface area contributed by atoms with Crippen molar-refractivity contribution in [3.63, 3.8) is 0 Å². The van der Waals surface area contributed by atoms with Crippen molar-refractivity contribution in [1.29, 1.82) is 0 Å². The molecular weight excluding hydrogens is 268 g/mol. The van der Waals surface area contributed by atoms with Gasteiger partial charge in [-0.2, -0.15) is 0 Å². The topological polar surface area (TPSA) is 80.0 Å². The summed E-state index contributed by atoms with van der Waals surface area (Å²) >= 11 is 0. The molecule has 1 unspecified atom stereocenters. The first kappa shape index (κ1) is 14.0. The maximum atomic E-state index is 12.3. The van der Waals surface area contributed by atoms with Crippen molar-refractivity contribution < 1.29 is 9.90 Å². The van der Waals surface area contributed by atoms with E-state index in [4.69, 9.17) is 5.11 Å². The molecule has 1 heterocycles. The van der Waals surface area contributed by atoms with E-state index in [1.165, 1.54) is 0 Å². The molecule has 1 aliphatic carbocycles. The fourth-order valence-corrected chi connectivity index (χ4v) is 2.66. The van der Waals surface area contributed by atoms with Crippen molar-refractivity contribution in [2.24, 2.45) is 5.92 Å². The van der Waals surface area contributed by atoms with Crippen molar-refractivity contribution in [1.82, 2.24) is 20.3 Å². The monoisotopic (exact) mass is 288 g/mol. The molecule has 0 radical (unpaired) electrons. The van der Waals surface area contributed by atoms with E-state index < -0.39 is 0 Å². The molecule has 21 heavy (non-hydrogen) atoms. The molecule has 6 nitrogen and oxygen atoms in total. The minimum absolute atomic E-state index is 0.0736. The second-order valence-electron chi connectivity index (χ2n) is 5.54. The highest BCUT2D eigenvalue weighted by Crippen LogP contribution is 2.34. The second kappa shape index (κ2) is 5.81. The quantitative estimate of drug-likeness (QED) is 0.840. The highest BCUT2D eigenvalue weighted by atomic mass is 16.3. The minimum atomic E-state index is -0.103. The Morgan fingerprint density at radius 3 is 3.00 bits per heavy atom. The summed E-state index contributed by atoms with van der Waals surface area (Å²) in [5.74, 6) is 0.416. The van der Waals surface area contributed by atoms with Crippen molar-refractivity contribution in [3.8, 4) is 0 Å². The van der Waals surface area contributed by atoms with Gasteiger partial charge in [-0.1, -0.05) is 5.21 Å². The Labute approximate surface area is 123 Å². The van der Waals surface area contributed by atoms with Crippen LogP contribution in [-0.4, -0.2) is 38.7 Å². The van der Waals surface area contributed by atoms with Crippen LogP contribution in [0, 0.1) is 5.92 Å². The van der Waals surface area contributed by atoms with Gasteiger partial charge in [0.05, 0.1) is 5.52 Å². The van der Waals surface area contributed by atoms with E-state index >= 15 is 0 Å². The van der Waals surface area contributed by atoms with Crippen molar-refractivity contribution in [3.05, 3.63) is 23.8 Å². The first-order valence-electron chi connectivity index (χ1n) is 7.48. The molecule has 0 saturated heterocycles. The van der Waals surface area contributed by atoms with Gasteiger partial charge >= 0.3 is 0 Å². The van der Waals surface area contributed by atoms with E-state index in [-0.39, 0.29) is 18.6 Å². The van der Waals surface area contributed by atoms with Gasteiger partial charge in [-0.25, -0.2) is 4.68 Å². The summed E-state index contributed by atoms with van der Waals surface area (Å²) in [6, 6.07) is 5.53. The maximum Gasteiger partial charge on any atom is 0.251 e. The standard InChI is InChI=1S/C15H20N4O2/c1-2-19-14-6-5-11(9-13(14)17-18-19)15(21)16-12(7-8-20)10-3-4-10/h5-6,9-10,12,20H,2-4,7-8H2,1H3,(H,16,21). The SMILES string of the molecule is CCn1nnc2cc(C(=O)NC(CCO)C3CC3)ccc21. The summed E-state index contributed by atoms with van der Waals surface area (Å²) in [4.78, 5) is 12.3. The Morgan fingerprint density at radius 1 is 1.52 bits per heavy atom. The maximum absolute atomic E-state index is 12.3. The fourth-order valence-electron chi connectivity index (χ4n) is 2.66. The molecule has 3 rings (SSSR count). The lowest BCUT2D eigenvalue weighted by Gasteiger charge is -2.17. The largest absolute Gasteiger partial charge is 0.396 e. The minimum Gasteiger partial charge on any atom is -0.396 e. The number of nitrogens with zero attached hydrogens (tertiary/aromatic N) is 3. The van der Waals surface area contributed by atoms with Crippen LogP contribution in [0.2, 0.25) is 0 Å². The van der Waals surface area contributed by atoms with Gasteiger partial charge in [0.1, 0.15) is 5.52 Å². The number of hydrogen-bond acceptors (Lipinski definition) is 4. The number of fused-ring (bicyclic) bond motifs is 1. The molecule has 1 aliphatic rings. The Kier molecular flexibility index (Phi) is 3.88. The van der Waals surface area contributed by atoms with E-state index in [1.54, 1.807) is 16.8 Å². The predicted molar refractivity (Wildman–Crippen MR) is 78.9 cm³/mol. The van der Waals surface area contributed by atoms with Crippen molar-refractivity contribution >= 4 is 16.9 Å². The van der Waals surface area contributed by atoms with Gasteiger partial charge in [-0.05, 0) is 50.3 Å². The fraction of sp³-hybridized carbons (Fsp3) is 0.533. The number of aryl methyl sites for hydroxylation is 1. The summed E-state index contributed by atoms with van der Waals surface area (Å²) in [6.07, 6.45) is 2.88. The molecular formula is C15H20N4O2. The van der Waals surface area contributed by atoms with Crippen LogP contribution in [0.4, 0.5) is 0 Å². The highest BCUT2D eigenvalue weighted by Gasteiger charge is 2.32. The van der Waals surface area contributed by atoms with Crippen LogP contribution in [0.5, 0.6) is 0 Å². The van der Waals surface area contributed by atoms with Crippen LogP contribution < -0.4 is 5.32 Å². The van der Waals surface area contributed by atoms with Gasteiger partial charge in [0.15, 0.2) is 0 Å². The molecule has 112 valence electrons. The number of nitrogens with one attached hydrogen (secondary N) is 1. The summed E-state index contributed by atoms with van der Waals surface area (Å²) in [7, 11) is 0. The van der Waals surface area contributed by atoms with Gasteiger partial charge < -0.3 is 10.4 Å². The molecule has 1 amide bonds. The molecule has 1 fully saturated rings. The lowest BCUT2D eigenvalue weighted by atomic mass is 10.1. The molecule has 0 aliphatic heterocycles. The zero-order valence-corrected chi connectivity index (χ0v) is 12.1. The highest BCUT2D eigenvalue weighted by molar-refractivity contribution is 5.97. The van der Waals surface area contributed by atoms with E-state index in [1.807, 2.05) is 13.0 Å². The van der Waals surface area contributed by atoms with Gasteiger partial charge in [0.2, 0.25) is 0 Å². The molecule has 0 spiro atoms. The molecule has 6 heteroatoms. The Bertz CT molecular complexity index is 648. The number of aromatic nitrogens is 3. The zero-order chi connectivity index (χ0) is 14.8. The van der Waals surface area contributed by atoms with Gasteiger partial charge in [-0.3, -0.25) is 4.79 Å². The third-order valence-electron chi connectivity index (χ3n) is 4.02. The van der Waals surface area contributed by atoms with E-state index in [0.29, 0.717) is 17.9 Å². The molecule has 2 aromatic rings. The summed E-state index contributed by atoms with van der Waals surface area (Å²) < 4.78 is 1.80. The Hall–Kier alpha value is -1.95. The average Bonchev–Trinajstić information content (AvgIpc) is 3.26. The number of benzene rings is 1. The van der Waals surface area contributed by atoms with Crippen LogP contribution in [0.15, 0.2) is 18.2 Å². The summed E-state index contributed by atoms with van der Waals surface area (Å²) in [6.45, 7) is 2.86. The van der Waals surface area contributed by atoms with E-state index in [2.05, 4.69) is 15.6 Å². The number of amides is 1. The van der Waals surface area contributed by atoms with Crippen LogP contribution in [0.3, 0.4) is 0 Å². The first-order valence-corrected chi connectivity index (χ1v) is 7.48. The van der Waals surface area contributed by atoms with Crippen molar-refractivity contribution in [2.45, 2.75) is 38.8 Å². The van der Waals surface area contributed by atoms with E-state index in [0.717, 1.165) is 30.4 Å². The number of hydrogen-bond donors (Lipinski definition) is 2. The second-order valence-corrected chi connectivity index (χ2v) is 5.54. The molecule has 1 aromatic carbocycles. The first-order chi connectivity index (χ1) is 10.2. The normalized spacial score (nSPS) is 16.1. The Balaban J connectivity index is 1.77. The molecule has 1 atom stereocenters. The molecule has 1 aromatic heterocycles. The number of carbonyl (C=O) groups is 1. The van der Waals surface area contributed by atoms with Crippen LogP contribution in [0.25, 0.3) is 11.0 Å². The third kappa shape index (κ3) is 2.90. The smallest absolute Gasteiger partial charge is 0.251 e. The summed E-state index contributed by atoms with van der Waals surface area (Å²) in [5, 5.41) is 20.3. The summed E-state index contributed by atoms with van der Waals surface area (Å²) in [5.41, 5.74) is 2.26. The van der Waals surface area contributed by atoms with Crippen LogP contribution >= 0.6 is 0 Å². The van der Waals surface area contributed by atoms with Crippen molar-refractivity contribution in [2.75, 3.05) is 6.61 Å². The average molecular weight is 288 g/mol. The number of aliphatic hydroxyl groups is 1. The van der Waals surface area contributed by atoms with Gasteiger partial charge in [0, 0.05) is 24.8 Å². The molecule has 2 N–H and O–H groups in total. The molecule has 0 bridgehead atoms. The van der Waals surface area contributed by atoms with E-state index in [9.17, 15) is 4.79 Å². The number of rotatable bonds is 6. The van der Waals surface area contributed by atoms with Gasteiger partial charge in [0.25, 0.3) is 5.91 Å². The number of aliphatic hydroxyl groups excluding tert-OH is 1. The lowest BCUT2D eigenvalue weighted by molar-refractivity contribution is 0.0924. The molecule has 1 saturated carbocycles. The number of carbonyl (C=O) groups excluding carboxylic acids is 1. The predicted octanol–water partition coefficient (Wildman–Crippen LogP) is 1.34. The van der Waals surface area contributed by atoms with Crippen LogP contribution in [-0.2, 0) is 6.54 Å². The van der Waals surface area contributed by atoms with Gasteiger partial charge in [-0.15, -0.1) is 5.10 Å².